The van der Waals surface area contributed by atoms with E-state index in [-0.39, 0.29) is 0 Å². The fourth-order valence-corrected chi connectivity index (χ4v) is 19.7. The molecule has 0 aliphatic heterocycles. The molecular weight excluding hydrogens is 1230 g/mol. The Hall–Kier alpha value is -13.1. The van der Waals surface area contributed by atoms with Crippen LogP contribution in [0.2, 0.25) is 0 Å². The van der Waals surface area contributed by atoms with Crippen molar-refractivity contribution in [1.82, 2.24) is 9.13 Å². The minimum Gasteiger partial charge on any atom is -0.309 e. The highest BCUT2D eigenvalue weighted by Crippen LogP contribution is 2.66. The van der Waals surface area contributed by atoms with Crippen molar-refractivity contribution in [3.8, 4) is 100 Å². The Morgan fingerprint density at radius 2 is 0.422 bits per heavy atom. The molecule has 0 radical (unpaired) electrons. The number of hydrogen-bond donors (Lipinski definition) is 0. The van der Waals surface area contributed by atoms with Crippen LogP contribution in [0.3, 0.4) is 0 Å². The average molecular weight is 1290 g/mol. The summed E-state index contributed by atoms with van der Waals surface area (Å²) >= 11 is 0. The van der Waals surface area contributed by atoms with E-state index in [1.807, 2.05) is 0 Å². The SMILES string of the molecule is c1ccc(-n2c3ccccc3c3cc(-c4ccc5c(-c6ccc7c(c6)C6(c8ccccc8-c8ccccc86)c6ccccc6-7)c6cc(-c7ccc8c(c7)c7ccccc7n8-c7ccccc7)ccc6c(-c6ccc7c(c6)C6(c8ccccc8-c8ccccc86)c6ccccc6-7)c5c4)ccc32)cc1. The standard InChI is InChI=1S/C100H60N2/c1-3-23-67(24-4-1)101-93-41-21-13-33-77(93)81-55-63(47-53-95(81)101)61-43-51-79-83(57-61)97(65-45-49-75-73-31-11-19-39-89(73)99(91(75)59-65)85-35-15-7-27-69(85)70-28-8-16-36-86(70)99)80-52-44-62(64-48-54-96-82(56-64)78-34-14-22-42-94(78)102(96)68-25-5-2-6-26-68)58-84(80)98(79)66-46-50-76-74-32-12-20-40-90(74)100(92(76)60-66)87-37-17-9-29-71(87)72-30-10-18-38-88(72)100/h1-60H. The topological polar surface area (TPSA) is 9.86 Å². The Morgan fingerprint density at radius 1 is 0.157 bits per heavy atom. The summed E-state index contributed by atoms with van der Waals surface area (Å²) in [7, 11) is 0. The van der Waals surface area contributed by atoms with Crippen molar-refractivity contribution in [1.29, 1.82) is 0 Å². The fraction of sp³-hybridized carbons (Fsp3) is 0.0200. The molecule has 102 heavy (non-hydrogen) atoms. The molecule has 0 fully saturated rings. The highest BCUT2D eigenvalue weighted by Gasteiger charge is 2.53. The van der Waals surface area contributed by atoms with Gasteiger partial charge in [-0.1, -0.05) is 279 Å². The molecule has 2 spiro atoms. The molecule has 19 aromatic rings. The van der Waals surface area contributed by atoms with Crippen LogP contribution in [-0.4, -0.2) is 9.13 Å². The van der Waals surface area contributed by atoms with Gasteiger partial charge in [0.1, 0.15) is 0 Å². The summed E-state index contributed by atoms with van der Waals surface area (Å²) in [6.07, 6.45) is 0. The highest BCUT2D eigenvalue weighted by molar-refractivity contribution is 6.24. The van der Waals surface area contributed by atoms with Crippen molar-refractivity contribution >= 4 is 65.2 Å². The van der Waals surface area contributed by atoms with E-state index in [0.29, 0.717) is 0 Å². The van der Waals surface area contributed by atoms with Crippen molar-refractivity contribution in [2.24, 2.45) is 0 Å². The lowest BCUT2D eigenvalue weighted by Gasteiger charge is -2.31. The highest BCUT2D eigenvalue weighted by atomic mass is 15.0. The molecule has 0 unspecified atom stereocenters. The Morgan fingerprint density at radius 3 is 0.775 bits per heavy atom. The van der Waals surface area contributed by atoms with Crippen LogP contribution in [0.25, 0.3) is 166 Å². The van der Waals surface area contributed by atoms with E-state index in [2.05, 4.69) is 373 Å². The van der Waals surface area contributed by atoms with E-state index in [4.69, 9.17) is 0 Å². The second-order valence-electron chi connectivity index (χ2n) is 28.4. The van der Waals surface area contributed by atoms with Crippen LogP contribution in [0.5, 0.6) is 0 Å². The van der Waals surface area contributed by atoms with Gasteiger partial charge in [-0.15, -0.1) is 0 Å². The van der Waals surface area contributed by atoms with Crippen LogP contribution in [0.4, 0.5) is 0 Å². The van der Waals surface area contributed by atoms with Crippen LogP contribution in [0.1, 0.15) is 44.5 Å². The molecule has 0 saturated carbocycles. The first-order valence-corrected chi connectivity index (χ1v) is 35.7. The third-order valence-electron chi connectivity index (χ3n) is 23.7. The summed E-state index contributed by atoms with van der Waals surface area (Å²) in [5.41, 5.74) is 36.5. The van der Waals surface area contributed by atoms with Crippen LogP contribution in [0, 0.1) is 0 Å². The maximum atomic E-state index is 2.61. The Balaban J connectivity index is 0.834. The molecule has 2 heteroatoms. The largest absolute Gasteiger partial charge is 0.309 e. The first-order chi connectivity index (χ1) is 50.6. The van der Waals surface area contributed by atoms with Gasteiger partial charge in [-0.3, -0.25) is 0 Å². The van der Waals surface area contributed by atoms with Gasteiger partial charge >= 0.3 is 0 Å². The van der Waals surface area contributed by atoms with Gasteiger partial charge in [0, 0.05) is 32.9 Å². The molecule has 2 aromatic heterocycles. The summed E-state index contributed by atoms with van der Waals surface area (Å²) in [6.45, 7) is 0. The van der Waals surface area contributed by atoms with Gasteiger partial charge < -0.3 is 9.13 Å². The van der Waals surface area contributed by atoms with Gasteiger partial charge in [0.2, 0.25) is 0 Å². The number of para-hydroxylation sites is 4. The maximum absolute atomic E-state index is 2.61. The molecule has 0 saturated heterocycles. The third-order valence-corrected chi connectivity index (χ3v) is 23.7. The lowest BCUT2D eigenvalue weighted by atomic mass is 9.70. The summed E-state index contributed by atoms with van der Waals surface area (Å²) in [6, 6.07) is 139. The number of nitrogens with zero attached hydrogens (tertiary/aromatic N) is 2. The number of aromatic nitrogens is 2. The fourth-order valence-electron chi connectivity index (χ4n) is 19.7. The third kappa shape index (κ3) is 7.27. The predicted octanol–water partition coefficient (Wildman–Crippen LogP) is 25.5. The molecule has 4 aliphatic rings. The van der Waals surface area contributed by atoms with Crippen LogP contribution >= 0.6 is 0 Å². The minimum absolute atomic E-state index is 0.537. The zero-order chi connectivity index (χ0) is 66.5. The normalized spacial score (nSPS) is 13.6. The average Bonchev–Trinajstić information content (AvgIpc) is 1.50. The Labute approximate surface area is 590 Å². The first-order valence-electron chi connectivity index (χ1n) is 35.7. The molecule has 4 aliphatic carbocycles. The van der Waals surface area contributed by atoms with E-state index in [9.17, 15) is 0 Å². The lowest BCUT2D eigenvalue weighted by molar-refractivity contribution is 0.794. The number of fused-ring (bicyclic) bond motifs is 28. The molecule has 470 valence electrons. The molecule has 2 nitrogen and oxygen atoms in total. The smallest absolute Gasteiger partial charge is 0.0725 e. The Bertz CT molecular complexity index is 6330. The molecular formula is C100H60N2. The molecule has 23 rings (SSSR count). The van der Waals surface area contributed by atoms with Crippen molar-refractivity contribution < 1.29 is 0 Å². The Kier molecular flexibility index (Phi) is 11.3. The van der Waals surface area contributed by atoms with Gasteiger partial charge in [0.05, 0.1) is 32.9 Å². The molecule has 0 N–H and O–H groups in total. The van der Waals surface area contributed by atoms with Gasteiger partial charge in [-0.05, 0) is 240 Å². The molecule has 0 bridgehead atoms. The van der Waals surface area contributed by atoms with Crippen molar-refractivity contribution in [3.63, 3.8) is 0 Å². The summed E-state index contributed by atoms with van der Waals surface area (Å²) < 4.78 is 4.84. The minimum atomic E-state index is -0.537. The second kappa shape index (κ2) is 20.7. The zero-order valence-electron chi connectivity index (χ0n) is 55.5. The molecule has 17 aromatic carbocycles. The predicted molar refractivity (Wildman–Crippen MR) is 424 cm³/mol. The van der Waals surface area contributed by atoms with Gasteiger partial charge in [-0.25, -0.2) is 0 Å². The summed E-state index contributed by atoms with van der Waals surface area (Å²) in [5.74, 6) is 0. The van der Waals surface area contributed by atoms with Crippen molar-refractivity contribution in [2.45, 2.75) is 10.8 Å². The van der Waals surface area contributed by atoms with E-state index >= 15 is 0 Å². The van der Waals surface area contributed by atoms with E-state index in [1.54, 1.807) is 0 Å². The lowest BCUT2D eigenvalue weighted by Crippen LogP contribution is -2.25. The number of benzene rings is 17. The maximum Gasteiger partial charge on any atom is 0.0725 e. The van der Waals surface area contributed by atoms with Crippen LogP contribution in [-0.2, 0) is 10.8 Å². The molecule has 2 heterocycles. The summed E-state index contributed by atoms with van der Waals surface area (Å²) in [4.78, 5) is 0. The van der Waals surface area contributed by atoms with Gasteiger partial charge in [-0.2, -0.15) is 0 Å². The quantitative estimate of drug-likeness (QED) is 0.147. The van der Waals surface area contributed by atoms with E-state index < -0.39 is 10.8 Å². The number of rotatable bonds is 6. The van der Waals surface area contributed by atoms with E-state index in [1.165, 1.54) is 199 Å². The first kappa shape index (κ1) is 55.8. The number of hydrogen-bond acceptors (Lipinski definition) is 0. The zero-order valence-corrected chi connectivity index (χ0v) is 55.5. The van der Waals surface area contributed by atoms with E-state index in [0.717, 1.165) is 11.4 Å². The van der Waals surface area contributed by atoms with Gasteiger partial charge in [0.25, 0.3) is 0 Å². The molecule has 0 atom stereocenters. The monoisotopic (exact) mass is 1290 g/mol. The second-order valence-corrected chi connectivity index (χ2v) is 28.4. The van der Waals surface area contributed by atoms with Crippen LogP contribution < -0.4 is 0 Å². The summed E-state index contributed by atoms with van der Waals surface area (Å²) in [5, 5.41) is 9.74. The van der Waals surface area contributed by atoms with Crippen molar-refractivity contribution in [2.75, 3.05) is 0 Å². The molecule has 0 amide bonds. The van der Waals surface area contributed by atoms with Gasteiger partial charge in [0.15, 0.2) is 0 Å². The van der Waals surface area contributed by atoms with Crippen molar-refractivity contribution in [3.05, 3.63) is 408 Å². The van der Waals surface area contributed by atoms with Crippen LogP contribution in [0.15, 0.2) is 364 Å².